The maximum Gasteiger partial charge on any atom is 0.297 e. The third-order valence-electron chi connectivity index (χ3n) is 3.48. The Morgan fingerprint density at radius 3 is 2.68 bits per heavy atom. The van der Waals surface area contributed by atoms with Gasteiger partial charge in [-0.3, -0.25) is 4.18 Å². The topological polar surface area (TPSA) is 61.8 Å². The normalized spacial score (nSPS) is 30.5. The minimum absolute atomic E-state index is 0.0294. The van der Waals surface area contributed by atoms with E-state index in [1.807, 2.05) is 6.92 Å². The van der Waals surface area contributed by atoms with E-state index in [1.165, 1.54) is 0 Å². The van der Waals surface area contributed by atoms with Gasteiger partial charge in [0.05, 0.1) is 17.6 Å². The van der Waals surface area contributed by atoms with Crippen molar-refractivity contribution in [2.45, 2.75) is 36.6 Å². The highest BCUT2D eigenvalue weighted by Gasteiger charge is 2.44. The summed E-state index contributed by atoms with van der Waals surface area (Å²) in [5, 5.41) is 0. The molecule has 5 nitrogen and oxygen atoms in total. The Bertz CT molecular complexity index is 551. The fourth-order valence-electron chi connectivity index (χ4n) is 2.44. The lowest BCUT2D eigenvalue weighted by Crippen LogP contribution is -2.32. The lowest BCUT2D eigenvalue weighted by molar-refractivity contribution is 0.0336. The van der Waals surface area contributed by atoms with Gasteiger partial charge in [0.25, 0.3) is 10.1 Å². The summed E-state index contributed by atoms with van der Waals surface area (Å²) in [5.74, 6) is 0. The maximum absolute atomic E-state index is 12.2. The highest BCUT2D eigenvalue weighted by Crippen LogP contribution is 2.30. The Balaban J connectivity index is 1.76. The average molecular weight is 284 g/mol. The number of rotatable bonds is 3. The van der Waals surface area contributed by atoms with E-state index in [2.05, 4.69) is 0 Å². The van der Waals surface area contributed by atoms with Crippen LogP contribution >= 0.6 is 0 Å². The molecule has 2 heterocycles. The van der Waals surface area contributed by atoms with Crippen molar-refractivity contribution in [3.8, 4) is 0 Å². The molecule has 0 radical (unpaired) electrons. The molecule has 0 amide bonds. The molecule has 0 saturated carbocycles. The Hall–Kier alpha value is -0.950. The van der Waals surface area contributed by atoms with Crippen molar-refractivity contribution < 1.29 is 22.1 Å². The first-order valence-electron chi connectivity index (χ1n) is 6.29. The number of fused-ring (bicyclic) bond motifs is 1. The third-order valence-corrected chi connectivity index (χ3v) is 4.83. The zero-order valence-electron chi connectivity index (χ0n) is 10.6. The molecule has 3 atom stereocenters. The molecule has 6 heteroatoms. The number of aryl methyl sites for hydroxylation is 1. The van der Waals surface area contributed by atoms with Crippen LogP contribution in [0.1, 0.15) is 12.0 Å². The smallest absolute Gasteiger partial charge is 0.297 e. The lowest BCUT2D eigenvalue weighted by Gasteiger charge is -2.16. The molecule has 0 N–H and O–H groups in total. The Labute approximate surface area is 112 Å². The van der Waals surface area contributed by atoms with Crippen LogP contribution in [0.15, 0.2) is 29.2 Å². The summed E-state index contributed by atoms with van der Waals surface area (Å²) in [4.78, 5) is 0.166. The van der Waals surface area contributed by atoms with Gasteiger partial charge in [-0.15, -0.1) is 0 Å². The molecule has 2 aliphatic rings. The molecule has 2 fully saturated rings. The molecule has 1 aromatic carbocycles. The van der Waals surface area contributed by atoms with Crippen LogP contribution in [-0.2, 0) is 23.8 Å². The molecule has 0 spiro atoms. The summed E-state index contributed by atoms with van der Waals surface area (Å²) in [6.07, 6.45) is -0.0352. The van der Waals surface area contributed by atoms with E-state index in [1.54, 1.807) is 24.3 Å². The first-order chi connectivity index (χ1) is 9.06. The molecule has 3 rings (SSSR count). The van der Waals surface area contributed by atoms with Gasteiger partial charge in [-0.25, -0.2) is 0 Å². The molecular formula is C13H16O5S. The second kappa shape index (κ2) is 4.86. The number of ether oxygens (including phenoxy) is 2. The summed E-state index contributed by atoms with van der Waals surface area (Å²) >= 11 is 0. The predicted molar refractivity (Wildman–Crippen MR) is 67.3 cm³/mol. The van der Waals surface area contributed by atoms with E-state index in [0.29, 0.717) is 6.61 Å². The average Bonchev–Trinajstić information content (AvgIpc) is 2.95. The molecule has 104 valence electrons. The number of hydrogen-bond acceptors (Lipinski definition) is 5. The summed E-state index contributed by atoms with van der Waals surface area (Å²) in [6, 6.07) is 6.59. The molecule has 1 aromatic rings. The fraction of sp³-hybridized carbons (Fsp3) is 0.538. The summed E-state index contributed by atoms with van der Waals surface area (Å²) < 4.78 is 40.5. The van der Waals surface area contributed by atoms with E-state index in [9.17, 15) is 8.42 Å². The summed E-state index contributed by atoms with van der Waals surface area (Å²) in [7, 11) is -3.76. The van der Waals surface area contributed by atoms with E-state index in [4.69, 9.17) is 13.7 Å². The van der Waals surface area contributed by atoms with Crippen LogP contribution in [0, 0.1) is 6.92 Å². The van der Waals surface area contributed by atoms with E-state index < -0.39 is 16.2 Å². The minimum atomic E-state index is -3.76. The van der Waals surface area contributed by atoms with Gasteiger partial charge in [-0.1, -0.05) is 17.7 Å². The van der Waals surface area contributed by atoms with Gasteiger partial charge < -0.3 is 9.47 Å². The van der Waals surface area contributed by atoms with Gasteiger partial charge in [-0.2, -0.15) is 8.42 Å². The van der Waals surface area contributed by atoms with Gasteiger partial charge in [-0.05, 0) is 25.5 Å². The summed E-state index contributed by atoms with van der Waals surface area (Å²) in [6.45, 7) is 2.76. The maximum atomic E-state index is 12.2. The molecule has 19 heavy (non-hydrogen) atoms. The SMILES string of the molecule is Cc1ccc(S(=O)(=O)O[C@H]2CO[C@@H]3CCO[C@H]23)cc1. The second-order valence-electron chi connectivity index (χ2n) is 4.90. The van der Waals surface area contributed by atoms with Crippen LogP contribution in [0.2, 0.25) is 0 Å². The van der Waals surface area contributed by atoms with E-state index >= 15 is 0 Å². The van der Waals surface area contributed by atoms with Crippen LogP contribution in [0.4, 0.5) is 0 Å². The lowest BCUT2D eigenvalue weighted by atomic mass is 10.1. The fourth-order valence-corrected chi connectivity index (χ4v) is 3.51. The monoisotopic (exact) mass is 284 g/mol. The molecule has 0 bridgehead atoms. The Morgan fingerprint density at radius 1 is 1.21 bits per heavy atom. The van der Waals surface area contributed by atoms with Crippen molar-refractivity contribution in [2.24, 2.45) is 0 Å². The minimum Gasteiger partial charge on any atom is -0.373 e. The van der Waals surface area contributed by atoms with E-state index in [0.717, 1.165) is 12.0 Å². The van der Waals surface area contributed by atoms with Crippen LogP contribution in [-0.4, -0.2) is 39.9 Å². The Kier molecular flexibility index (Phi) is 3.34. The van der Waals surface area contributed by atoms with E-state index in [-0.39, 0.29) is 23.7 Å². The number of benzene rings is 1. The van der Waals surface area contributed by atoms with Crippen molar-refractivity contribution in [1.29, 1.82) is 0 Å². The van der Waals surface area contributed by atoms with Crippen LogP contribution in [0.5, 0.6) is 0 Å². The van der Waals surface area contributed by atoms with Gasteiger partial charge in [0.1, 0.15) is 12.2 Å². The van der Waals surface area contributed by atoms with Gasteiger partial charge >= 0.3 is 0 Å². The highest BCUT2D eigenvalue weighted by molar-refractivity contribution is 7.86. The first kappa shape index (κ1) is 13.1. The second-order valence-corrected chi connectivity index (χ2v) is 6.47. The first-order valence-corrected chi connectivity index (χ1v) is 7.70. The molecule has 0 aromatic heterocycles. The standard InChI is InChI=1S/C13H16O5S/c1-9-2-4-10(5-3-9)19(14,15)18-12-8-17-11-6-7-16-13(11)12/h2-5,11-13H,6-8H2,1H3/t11-,12+,13+/m1/s1. The van der Waals surface area contributed by atoms with Gasteiger partial charge in [0, 0.05) is 6.61 Å². The van der Waals surface area contributed by atoms with Crippen LogP contribution < -0.4 is 0 Å². The van der Waals surface area contributed by atoms with Gasteiger partial charge in [0.2, 0.25) is 0 Å². The largest absolute Gasteiger partial charge is 0.373 e. The van der Waals surface area contributed by atoms with Crippen LogP contribution in [0.25, 0.3) is 0 Å². The quantitative estimate of drug-likeness (QED) is 0.782. The van der Waals surface area contributed by atoms with Crippen molar-refractivity contribution in [1.82, 2.24) is 0 Å². The van der Waals surface area contributed by atoms with Gasteiger partial charge in [0.15, 0.2) is 0 Å². The summed E-state index contributed by atoms with van der Waals surface area (Å²) in [5.41, 5.74) is 1.00. The van der Waals surface area contributed by atoms with Crippen molar-refractivity contribution in [3.63, 3.8) is 0 Å². The predicted octanol–water partition coefficient (Wildman–Crippen LogP) is 1.26. The molecule has 2 aliphatic heterocycles. The van der Waals surface area contributed by atoms with Crippen molar-refractivity contribution in [2.75, 3.05) is 13.2 Å². The highest BCUT2D eigenvalue weighted by atomic mass is 32.2. The third kappa shape index (κ3) is 2.53. The Morgan fingerprint density at radius 2 is 1.95 bits per heavy atom. The molecule has 0 aliphatic carbocycles. The van der Waals surface area contributed by atoms with Crippen molar-refractivity contribution >= 4 is 10.1 Å². The van der Waals surface area contributed by atoms with Crippen LogP contribution in [0.3, 0.4) is 0 Å². The molecular weight excluding hydrogens is 268 g/mol. The molecule has 0 unspecified atom stereocenters. The zero-order valence-corrected chi connectivity index (χ0v) is 11.4. The molecule has 2 saturated heterocycles. The zero-order chi connectivity index (χ0) is 13.5. The number of hydrogen-bond donors (Lipinski definition) is 0. The van der Waals surface area contributed by atoms with Crippen molar-refractivity contribution in [3.05, 3.63) is 29.8 Å².